The summed E-state index contributed by atoms with van der Waals surface area (Å²) in [5, 5.41) is 38.4. The fourth-order valence-electron chi connectivity index (χ4n) is 3.07. The summed E-state index contributed by atoms with van der Waals surface area (Å²) in [6.45, 7) is 6.83. The topological polar surface area (TPSA) is 115 Å². The molecule has 0 aliphatic carbocycles. The number of benzene rings is 1. The predicted molar refractivity (Wildman–Crippen MR) is 108 cm³/mol. The van der Waals surface area contributed by atoms with Gasteiger partial charge in [-0.3, -0.25) is 9.59 Å². The van der Waals surface area contributed by atoms with Crippen LogP contribution in [0.3, 0.4) is 0 Å². The lowest BCUT2D eigenvalue weighted by Crippen LogP contribution is -2.23. The van der Waals surface area contributed by atoms with E-state index in [1.807, 2.05) is 6.07 Å². The van der Waals surface area contributed by atoms with E-state index in [2.05, 4.69) is 0 Å². The fraction of sp³-hybridized carbons (Fsp3) is 0.636. The largest absolute Gasteiger partial charge is 0.504 e. The van der Waals surface area contributed by atoms with Crippen molar-refractivity contribution in [3.8, 4) is 11.5 Å². The van der Waals surface area contributed by atoms with E-state index in [0.717, 1.165) is 24.8 Å². The van der Waals surface area contributed by atoms with E-state index in [-0.39, 0.29) is 11.5 Å². The van der Waals surface area contributed by atoms with Gasteiger partial charge in [0.25, 0.3) is 0 Å². The minimum atomic E-state index is -0.818. The van der Waals surface area contributed by atoms with Gasteiger partial charge in [-0.1, -0.05) is 18.9 Å². The van der Waals surface area contributed by atoms with E-state index in [4.69, 9.17) is 10.2 Å². The summed E-state index contributed by atoms with van der Waals surface area (Å²) in [4.78, 5) is 22.3. The van der Waals surface area contributed by atoms with Crippen LogP contribution in [0.15, 0.2) is 12.1 Å². The Labute approximate surface area is 167 Å². The zero-order valence-corrected chi connectivity index (χ0v) is 17.4. The molecule has 0 saturated heterocycles. The Morgan fingerprint density at radius 3 is 1.71 bits per heavy atom. The van der Waals surface area contributed by atoms with E-state index in [9.17, 15) is 19.8 Å². The predicted octanol–water partition coefficient (Wildman–Crippen LogP) is 4.75. The van der Waals surface area contributed by atoms with Gasteiger partial charge >= 0.3 is 11.9 Å². The van der Waals surface area contributed by atoms with E-state index in [1.54, 1.807) is 33.8 Å². The molecule has 4 N–H and O–H groups in total. The number of hydrogen-bond acceptors (Lipinski definition) is 4. The lowest BCUT2D eigenvalue weighted by atomic mass is 9.86. The summed E-state index contributed by atoms with van der Waals surface area (Å²) in [7, 11) is 0. The molecular formula is C22H34O6. The second-order valence-corrected chi connectivity index (χ2v) is 8.91. The smallest absolute Gasteiger partial charge is 0.309 e. The molecule has 0 aromatic heterocycles. The maximum atomic E-state index is 11.1. The van der Waals surface area contributed by atoms with Gasteiger partial charge in [-0.25, -0.2) is 0 Å². The molecule has 0 spiro atoms. The number of rotatable bonds is 12. The lowest BCUT2D eigenvalue weighted by Gasteiger charge is -2.19. The third-order valence-corrected chi connectivity index (χ3v) is 5.40. The van der Waals surface area contributed by atoms with Gasteiger partial charge in [-0.15, -0.1) is 0 Å². The molecule has 0 radical (unpaired) electrons. The fourth-order valence-corrected chi connectivity index (χ4v) is 3.07. The van der Waals surface area contributed by atoms with Crippen LogP contribution in [0.4, 0.5) is 0 Å². The molecule has 1 rings (SSSR count). The van der Waals surface area contributed by atoms with Gasteiger partial charge in [-0.05, 0) is 83.4 Å². The highest BCUT2D eigenvalue weighted by atomic mass is 16.4. The van der Waals surface area contributed by atoms with Crippen molar-refractivity contribution < 1.29 is 30.0 Å². The standard InChI is InChI=1S/C22H34O6/c1-21(2,19(25)26)11-7-5-9-15-13-16(18(24)17(23)14-15)10-6-8-12-22(3,4)20(27)28/h13-14,23-24H,5-12H2,1-4H3,(H,25,26)(H,27,28). The van der Waals surface area contributed by atoms with Crippen LogP contribution in [0.2, 0.25) is 0 Å². The third kappa shape index (κ3) is 7.06. The molecule has 158 valence electrons. The van der Waals surface area contributed by atoms with E-state index in [1.165, 1.54) is 0 Å². The second-order valence-electron chi connectivity index (χ2n) is 8.91. The lowest BCUT2D eigenvalue weighted by molar-refractivity contribution is -0.148. The number of aliphatic carboxylic acids is 2. The monoisotopic (exact) mass is 394 g/mol. The zero-order chi connectivity index (χ0) is 21.5. The summed E-state index contributed by atoms with van der Waals surface area (Å²) in [5.41, 5.74) is 0.0557. The van der Waals surface area contributed by atoms with Crippen LogP contribution < -0.4 is 0 Å². The van der Waals surface area contributed by atoms with Crippen molar-refractivity contribution in [2.75, 3.05) is 0 Å². The average molecular weight is 395 g/mol. The number of carbonyl (C=O) groups is 2. The minimum absolute atomic E-state index is 0.117. The van der Waals surface area contributed by atoms with Crippen molar-refractivity contribution in [1.29, 1.82) is 0 Å². The van der Waals surface area contributed by atoms with Crippen LogP contribution in [0, 0.1) is 10.8 Å². The molecule has 0 unspecified atom stereocenters. The summed E-state index contributed by atoms with van der Waals surface area (Å²) in [5.74, 6) is -1.89. The Balaban J connectivity index is 2.59. The molecule has 0 aliphatic rings. The number of aryl methyl sites for hydroxylation is 2. The first-order valence-electron chi connectivity index (χ1n) is 9.87. The van der Waals surface area contributed by atoms with Crippen molar-refractivity contribution in [2.45, 2.75) is 79.1 Å². The van der Waals surface area contributed by atoms with Crippen LogP contribution >= 0.6 is 0 Å². The maximum absolute atomic E-state index is 11.1. The molecule has 0 heterocycles. The van der Waals surface area contributed by atoms with Gasteiger partial charge in [0, 0.05) is 0 Å². The minimum Gasteiger partial charge on any atom is -0.504 e. The van der Waals surface area contributed by atoms with Crippen molar-refractivity contribution in [2.24, 2.45) is 10.8 Å². The Hall–Kier alpha value is -2.24. The Morgan fingerprint density at radius 2 is 1.25 bits per heavy atom. The number of carboxylic acids is 2. The first-order chi connectivity index (χ1) is 12.9. The molecule has 0 saturated carbocycles. The molecule has 1 aromatic rings. The number of unbranched alkanes of at least 4 members (excludes halogenated alkanes) is 2. The molecule has 1 aromatic carbocycles. The highest BCUT2D eigenvalue weighted by Crippen LogP contribution is 2.33. The SMILES string of the molecule is CC(C)(CCCCc1cc(O)c(O)c(CCCCC(C)(C)C(=O)O)c1)C(=O)O. The molecule has 6 nitrogen and oxygen atoms in total. The Kier molecular flexibility index (Phi) is 8.33. The van der Waals surface area contributed by atoms with Crippen LogP contribution in [-0.2, 0) is 22.4 Å². The van der Waals surface area contributed by atoms with Gasteiger partial charge in [-0.2, -0.15) is 0 Å². The number of phenolic OH excluding ortho intramolecular Hbond substituents is 2. The van der Waals surface area contributed by atoms with E-state index >= 15 is 0 Å². The number of carboxylic acid groups (broad SMARTS) is 2. The third-order valence-electron chi connectivity index (χ3n) is 5.40. The van der Waals surface area contributed by atoms with Crippen molar-refractivity contribution in [3.63, 3.8) is 0 Å². The van der Waals surface area contributed by atoms with E-state index < -0.39 is 22.8 Å². The normalized spacial score (nSPS) is 12.1. The summed E-state index contributed by atoms with van der Waals surface area (Å²) in [6.07, 6.45) is 5.39. The van der Waals surface area contributed by atoms with Gasteiger partial charge < -0.3 is 20.4 Å². The summed E-state index contributed by atoms with van der Waals surface area (Å²) < 4.78 is 0. The highest BCUT2D eigenvalue weighted by Gasteiger charge is 2.27. The average Bonchev–Trinajstić information content (AvgIpc) is 2.59. The Bertz CT molecular complexity index is 691. The molecule has 0 fully saturated rings. The molecular weight excluding hydrogens is 360 g/mol. The van der Waals surface area contributed by atoms with Crippen LogP contribution in [0.1, 0.15) is 77.3 Å². The quantitative estimate of drug-likeness (QED) is 0.300. The summed E-state index contributed by atoms with van der Waals surface area (Å²) in [6, 6.07) is 3.43. The van der Waals surface area contributed by atoms with Gasteiger partial charge in [0.05, 0.1) is 10.8 Å². The highest BCUT2D eigenvalue weighted by molar-refractivity contribution is 5.73. The maximum Gasteiger partial charge on any atom is 0.309 e. The van der Waals surface area contributed by atoms with Crippen molar-refractivity contribution in [1.82, 2.24) is 0 Å². The molecule has 0 atom stereocenters. The summed E-state index contributed by atoms with van der Waals surface area (Å²) >= 11 is 0. The first kappa shape index (κ1) is 23.8. The van der Waals surface area contributed by atoms with Crippen LogP contribution in [0.25, 0.3) is 0 Å². The van der Waals surface area contributed by atoms with Crippen LogP contribution in [-0.4, -0.2) is 32.4 Å². The molecule has 0 amide bonds. The molecule has 6 heteroatoms. The zero-order valence-electron chi connectivity index (χ0n) is 17.4. The first-order valence-corrected chi connectivity index (χ1v) is 9.87. The number of phenols is 2. The number of hydrogen-bond donors (Lipinski definition) is 4. The Morgan fingerprint density at radius 1 is 0.786 bits per heavy atom. The molecule has 28 heavy (non-hydrogen) atoms. The van der Waals surface area contributed by atoms with Gasteiger partial charge in [0.1, 0.15) is 0 Å². The van der Waals surface area contributed by atoms with Crippen molar-refractivity contribution in [3.05, 3.63) is 23.3 Å². The number of aromatic hydroxyl groups is 2. The van der Waals surface area contributed by atoms with Crippen molar-refractivity contribution >= 4 is 11.9 Å². The van der Waals surface area contributed by atoms with Crippen LogP contribution in [0.5, 0.6) is 11.5 Å². The van der Waals surface area contributed by atoms with E-state index in [0.29, 0.717) is 37.7 Å². The second kappa shape index (κ2) is 9.80. The van der Waals surface area contributed by atoms with Gasteiger partial charge in [0.2, 0.25) is 0 Å². The molecule has 0 bridgehead atoms. The van der Waals surface area contributed by atoms with Gasteiger partial charge in [0.15, 0.2) is 11.5 Å². The molecule has 0 aliphatic heterocycles.